The molecule has 6 heteroatoms. The quantitative estimate of drug-likeness (QED) is 0.604. The molecule has 0 saturated heterocycles. The largest absolute Gasteiger partial charge is 0.495 e. The molecule has 0 bridgehead atoms. The second kappa shape index (κ2) is 5.90. The average molecular weight is 252 g/mol. The van der Waals surface area contributed by atoms with E-state index in [2.05, 4.69) is 10.1 Å². The summed E-state index contributed by atoms with van der Waals surface area (Å²) in [6.45, 7) is 1.54. The fourth-order valence-corrected chi connectivity index (χ4v) is 1.39. The predicted molar refractivity (Wildman–Crippen MR) is 66.4 cm³/mol. The van der Waals surface area contributed by atoms with Crippen molar-refractivity contribution < 1.29 is 19.1 Å². The molecule has 0 aliphatic carbocycles. The Labute approximate surface area is 105 Å². The number of anilines is 1. The minimum Gasteiger partial charge on any atom is -0.495 e. The number of nitrogen functional groups attached to an aromatic ring is 1. The zero-order valence-corrected chi connectivity index (χ0v) is 10.5. The molecular formula is C12H16N2O4. The maximum atomic E-state index is 11.8. The number of ether oxygens (including phenoxy) is 2. The molecule has 1 unspecified atom stereocenters. The van der Waals surface area contributed by atoms with Crippen LogP contribution < -0.4 is 15.8 Å². The fraction of sp³-hybridized carbons (Fsp3) is 0.333. The van der Waals surface area contributed by atoms with Crippen molar-refractivity contribution in [1.29, 1.82) is 0 Å². The standard InChI is InChI=1S/C12H16N2O4/c1-7(12(16)18-3)14-11(15)8-4-5-10(17-2)9(13)6-8/h4-7H,13H2,1-3H3,(H,14,15). The van der Waals surface area contributed by atoms with Gasteiger partial charge in [-0.3, -0.25) is 4.79 Å². The molecule has 1 aromatic carbocycles. The molecule has 0 fully saturated rings. The molecule has 98 valence electrons. The lowest BCUT2D eigenvalue weighted by Crippen LogP contribution is -2.39. The van der Waals surface area contributed by atoms with Crippen LogP contribution in [0.4, 0.5) is 5.69 Å². The second-order valence-corrected chi connectivity index (χ2v) is 3.68. The van der Waals surface area contributed by atoms with Gasteiger partial charge >= 0.3 is 5.97 Å². The van der Waals surface area contributed by atoms with Gasteiger partial charge in [0.25, 0.3) is 5.91 Å². The Balaban J connectivity index is 2.79. The molecule has 0 spiro atoms. The first-order chi connectivity index (χ1) is 8.49. The Kier molecular flexibility index (Phi) is 4.53. The molecule has 1 aromatic rings. The van der Waals surface area contributed by atoms with Gasteiger partial charge in [-0.1, -0.05) is 0 Å². The molecule has 18 heavy (non-hydrogen) atoms. The van der Waals surface area contributed by atoms with Gasteiger partial charge < -0.3 is 20.5 Å². The molecule has 3 N–H and O–H groups in total. The van der Waals surface area contributed by atoms with Crippen molar-refractivity contribution >= 4 is 17.6 Å². The molecule has 0 aliphatic rings. The number of amides is 1. The van der Waals surface area contributed by atoms with Crippen molar-refractivity contribution in [2.75, 3.05) is 20.0 Å². The van der Waals surface area contributed by atoms with E-state index >= 15 is 0 Å². The van der Waals surface area contributed by atoms with Crippen LogP contribution in [0.5, 0.6) is 5.75 Å². The fourth-order valence-electron chi connectivity index (χ4n) is 1.39. The van der Waals surface area contributed by atoms with Crippen molar-refractivity contribution in [1.82, 2.24) is 5.32 Å². The molecule has 0 radical (unpaired) electrons. The highest BCUT2D eigenvalue weighted by Gasteiger charge is 2.17. The van der Waals surface area contributed by atoms with Gasteiger partial charge in [-0.05, 0) is 25.1 Å². The molecule has 1 atom stereocenters. The lowest BCUT2D eigenvalue weighted by Gasteiger charge is -2.12. The number of carbonyl (C=O) groups is 2. The van der Waals surface area contributed by atoms with Crippen LogP contribution in [0, 0.1) is 0 Å². The van der Waals surface area contributed by atoms with E-state index in [1.165, 1.54) is 27.2 Å². The van der Waals surface area contributed by atoms with Gasteiger partial charge in [0, 0.05) is 5.56 Å². The van der Waals surface area contributed by atoms with Gasteiger partial charge in [-0.2, -0.15) is 0 Å². The monoisotopic (exact) mass is 252 g/mol. The summed E-state index contributed by atoms with van der Waals surface area (Å²) >= 11 is 0. The normalized spacial score (nSPS) is 11.5. The summed E-state index contributed by atoms with van der Waals surface area (Å²) in [5, 5.41) is 2.50. The molecule has 1 amide bonds. The Bertz CT molecular complexity index is 459. The number of benzene rings is 1. The topological polar surface area (TPSA) is 90.6 Å². The Morgan fingerprint density at radius 1 is 1.33 bits per heavy atom. The van der Waals surface area contributed by atoms with Crippen LogP contribution in [-0.2, 0) is 9.53 Å². The van der Waals surface area contributed by atoms with E-state index in [0.717, 1.165) is 0 Å². The zero-order valence-electron chi connectivity index (χ0n) is 10.5. The van der Waals surface area contributed by atoms with Gasteiger partial charge in [-0.15, -0.1) is 0 Å². The van der Waals surface area contributed by atoms with Crippen LogP contribution in [0.1, 0.15) is 17.3 Å². The smallest absolute Gasteiger partial charge is 0.328 e. The van der Waals surface area contributed by atoms with Crippen LogP contribution in [0.15, 0.2) is 18.2 Å². The minimum absolute atomic E-state index is 0.351. The third-order valence-electron chi connectivity index (χ3n) is 2.39. The van der Waals surface area contributed by atoms with Gasteiger partial charge in [0.1, 0.15) is 11.8 Å². The van der Waals surface area contributed by atoms with E-state index in [4.69, 9.17) is 10.5 Å². The number of nitrogens with two attached hydrogens (primary N) is 1. The SMILES string of the molecule is COC(=O)C(C)NC(=O)c1ccc(OC)c(N)c1. The Morgan fingerprint density at radius 2 is 2.00 bits per heavy atom. The Morgan fingerprint density at radius 3 is 2.50 bits per heavy atom. The molecule has 6 nitrogen and oxygen atoms in total. The number of nitrogens with one attached hydrogen (secondary N) is 1. The van der Waals surface area contributed by atoms with E-state index in [1.807, 2.05) is 0 Å². The van der Waals surface area contributed by atoms with Gasteiger partial charge in [0.05, 0.1) is 19.9 Å². The number of methoxy groups -OCH3 is 2. The van der Waals surface area contributed by atoms with Crippen molar-refractivity contribution in [3.63, 3.8) is 0 Å². The first kappa shape index (κ1) is 13.8. The summed E-state index contributed by atoms with van der Waals surface area (Å²) in [5.74, 6) is -0.417. The average Bonchev–Trinajstić information content (AvgIpc) is 2.37. The van der Waals surface area contributed by atoms with Crippen LogP contribution in [0.3, 0.4) is 0 Å². The van der Waals surface area contributed by atoms with Gasteiger partial charge in [0.2, 0.25) is 0 Å². The summed E-state index contributed by atoms with van der Waals surface area (Å²) in [6, 6.07) is 3.92. The lowest BCUT2D eigenvalue weighted by molar-refractivity contribution is -0.142. The third-order valence-corrected chi connectivity index (χ3v) is 2.39. The van der Waals surface area contributed by atoms with Crippen LogP contribution in [-0.4, -0.2) is 32.1 Å². The zero-order chi connectivity index (χ0) is 13.7. The highest BCUT2D eigenvalue weighted by Crippen LogP contribution is 2.21. The minimum atomic E-state index is -0.717. The van der Waals surface area contributed by atoms with Crippen molar-refractivity contribution in [2.24, 2.45) is 0 Å². The van der Waals surface area contributed by atoms with E-state index in [9.17, 15) is 9.59 Å². The number of esters is 1. The highest BCUT2D eigenvalue weighted by molar-refractivity contribution is 5.97. The number of hydrogen-bond acceptors (Lipinski definition) is 5. The summed E-state index contributed by atoms with van der Waals surface area (Å²) in [6.07, 6.45) is 0. The molecule has 1 rings (SSSR count). The predicted octanol–water partition coefficient (Wildman–Crippen LogP) is 0.569. The lowest BCUT2D eigenvalue weighted by atomic mass is 10.1. The highest BCUT2D eigenvalue weighted by atomic mass is 16.5. The molecule has 0 heterocycles. The summed E-state index contributed by atoms with van der Waals surface area (Å²) in [5.41, 5.74) is 6.40. The summed E-state index contributed by atoms with van der Waals surface area (Å²) in [4.78, 5) is 23.0. The molecule has 0 aliphatic heterocycles. The summed E-state index contributed by atoms with van der Waals surface area (Å²) in [7, 11) is 2.75. The number of rotatable bonds is 4. The molecule has 0 aromatic heterocycles. The van der Waals surface area contributed by atoms with Gasteiger partial charge in [-0.25, -0.2) is 4.79 Å². The van der Waals surface area contributed by atoms with Crippen LogP contribution >= 0.6 is 0 Å². The molecule has 0 saturated carbocycles. The van der Waals surface area contributed by atoms with Crippen molar-refractivity contribution in [2.45, 2.75) is 13.0 Å². The summed E-state index contributed by atoms with van der Waals surface area (Å²) < 4.78 is 9.50. The van der Waals surface area contributed by atoms with E-state index in [1.54, 1.807) is 12.1 Å². The van der Waals surface area contributed by atoms with Crippen molar-refractivity contribution in [3.05, 3.63) is 23.8 Å². The third kappa shape index (κ3) is 3.13. The van der Waals surface area contributed by atoms with Crippen LogP contribution in [0.25, 0.3) is 0 Å². The first-order valence-corrected chi connectivity index (χ1v) is 5.31. The van der Waals surface area contributed by atoms with Crippen LogP contribution in [0.2, 0.25) is 0 Å². The Hall–Kier alpha value is -2.24. The van der Waals surface area contributed by atoms with E-state index in [0.29, 0.717) is 17.0 Å². The van der Waals surface area contributed by atoms with Crippen molar-refractivity contribution in [3.8, 4) is 5.75 Å². The second-order valence-electron chi connectivity index (χ2n) is 3.68. The van der Waals surface area contributed by atoms with E-state index < -0.39 is 17.9 Å². The number of hydrogen-bond donors (Lipinski definition) is 2. The van der Waals surface area contributed by atoms with E-state index in [-0.39, 0.29) is 0 Å². The first-order valence-electron chi connectivity index (χ1n) is 5.31. The molecular weight excluding hydrogens is 236 g/mol. The van der Waals surface area contributed by atoms with Gasteiger partial charge in [0.15, 0.2) is 0 Å². The maximum absolute atomic E-state index is 11.8. The maximum Gasteiger partial charge on any atom is 0.328 e. The number of carbonyl (C=O) groups excluding carboxylic acids is 2.